The molecule has 1 aliphatic heterocycles. The molecule has 248 valence electrons. The topological polar surface area (TPSA) is 161 Å². The number of esters is 1. The first-order chi connectivity index (χ1) is 20.7. The van der Waals surface area contributed by atoms with E-state index in [-0.39, 0.29) is 67.0 Å². The summed E-state index contributed by atoms with van der Waals surface area (Å²) in [6.45, 7) is 8.46. The molecule has 1 amide bonds. The lowest BCUT2D eigenvalue weighted by molar-refractivity contribution is -0.160. The molecule has 0 saturated carbocycles. The largest absolute Gasteiger partial charge is 0.491 e. The standard InChI is InChI=1S/C31H41F2N2O9P/c1-30(2,3)44-29(39)18(8-7-13-45(40,41)42)9-11-20-16-35-17-22(25(36)26(43-6)24(35)27(37)31(20,4)5)28(38)34-15-19-10-12-21(32)14-23(19)33/h10,12,14,17-18,20H,7-9,11,13,15-16H2,1-6H3,(H,34,38)(H2,40,41,42). The van der Waals surface area contributed by atoms with Crippen molar-refractivity contribution in [1.29, 1.82) is 0 Å². The molecule has 0 spiro atoms. The Morgan fingerprint density at radius 1 is 1.18 bits per heavy atom. The van der Waals surface area contributed by atoms with Crippen molar-refractivity contribution in [1.82, 2.24) is 9.88 Å². The maximum absolute atomic E-state index is 14.1. The van der Waals surface area contributed by atoms with Gasteiger partial charge in [-0.2, -0.15) is 0 Å². The Bertz CT molecular complexity index is 1560. The van der Waals surface area contributed by atoms with Crippen molar-refractivity contribution in [3.8, 4) is 5.75 Å². The fraction of sp³-hybridized carbons (Fsp3) is 0.548. The number of benzene rings is 1. The third kappa shape index (κ3) is 9.08. The number of ketones is 1. The van der Waals surface area contributed by atoms with Crippen molar-refractivity contribution in [3.63, 3.8) is 0 Å². The van der Waals surface area contributed by atoms with E-state index in [4.69, 9.17) is 9.47 Å². The lowest BCUT2D eigenvalue weighted by Crippen LogP contribution is -2.44. The third-order valence-electron chi connectivity index (χ3n) is 7.99. The molecular formula is C31H41F2N2O9P. The van der Waals surface area contributed by atoms with Gasteiger partial charge in [-0.25, -0.2) is 8.78 Å². The first kappa shape index (κ1) is 36.1. The van der Waals surface area contributed by atoms with Crippen LogP contribution < -0.4 is 15.5 Å². The summed E-state index contributed by atoms with van der Waals surface area (Å²) in [5, 5.41) is 2.45. The molecule has 2 aromatic rings. The van der Waals surface area contributed by atoms with Gasteiger partial charge in [-0.15, -0.1) is 0 Å². The smallest absolute Gasteiger partial charge is 0.325 e. The number of hydrogen-bond acceptors (Lipinski definition) is 7. The van der Waals surface area contributed by atoms with E-state index in [1.54, 1.807) is 34.6 Å². The van der Waals surface area contributed by atoms with Gasteiger partial charge in [-0.3, -0.25) is 23.7 Å². The van der Waals surface area contributed by atoms with Crippen LogP contribution in [0.1, 0.15) is 86.7 Å². The molecule has 0 aliphatic carbocycles. The minimum atomic E-state index is -4.26. The summed E-state index contributed by atoms with van der Waals surface area (Å²) in [4.78, 5) is 71.7. The molecule has 0 fully saturated rings. The van der Waals surface area contributed by atoms with E-state index in [0.29, 0.717) is 12.5 Å². The Hall–Kier alpha value is -3.41. The summed E-state index contributed by atoms with van der Waals surface area (Å²) < 4.78 is 51.1. The number of Topliss-reactive ketones (excluding diaryl/α,β-unsaturated/α-hetero) is 1. The van der Waals surface area contributed by atoms with E-state index in [1.807, 2.05) is 0 Å². The van der Waals surface area contributed by atoms with Crippen molar-refractivity contribution in [2.75, 3.05) is 13.3 Å². The van der Waals surface area contributed by atoms with Crippen LogP contribution in [0.5, 0.6) is 5.75 Å². The van der Waals surface area contributed by atoms with E-state index >= 15 is 0 Å². The Morgan fingerprint density at radius 2 is 1.84 bits per heavy atom. The quantitative estimate of drug-likeness (QED) is 0.219. The second-order valence-electron chi connectivity index (χ2n) is 12.9. The summed E-state index contributed by atoms with van der Waals surface area (Å²) in [6, 6.07) is 2.89. The van der Waals surface area contributed by atoms with E-state index in [0.717, 1.165) is 6.07 Å². The number of aromatic nitrogens is 1. The van der Waals surface area contributed by atoms with Crippen LogP contribution >= 0.6 is 7.60 Å². The minimum absolute atomic E-state index is 0.00443. The lowest BCUT2D eigenvalue weighted by atomic mass is 9.69. The van der Waals surface area contributed by atoms with Crippen LogP contribution in [0.15, 0.2) is 29.2 Å². The third-order valence-corrected chi connectivity index (χ3v) is 8.88. The number of hydrogen-bond donors (Lipinski definition) is 3. The Morgan fingerprint density at radius 3 is 2.42 bits per heavy atom. The molecule has 2 unspecified atom stereocenters. The van der Waals surface area contributed by atoms with Gasteiger partial charge < -0.3 is 29.1 Å². The zero-order valence-corrected chi connectivity index (χ0v) is 27.2. The van der Waals surface area contributed by atoms with Gasteiger partial charge >= 0.3 is 13.6 Å². The fourth-order valence-electron chi connectivity index (χ4n) is 5.42. The van der Waals surface area contributed by atoms with Crippen molar-refractivity contribution in [2.45, 2.75) is 79.0 Å². The highest BCUT2D eigenvalue weighted by atomic mass is 31.2. The van der Waals surface area contributed by atoms with Crippen LogP contribution in [-0.4, -0.2) is 50.9 Å². The number of carbonyl (C=O) groups excluding carboxylic acids is 3. The van der Waals surface area contributed by atoms with Gasteiger partial charge in [0.05, 0.1) is 13.0 Å². The molecular weight excluding hydrogens is 613 g/mol. The Labute approximate surface area is 260 Å². The first-order valence-corrected chi connectivity index (χ1v) is 16.4. The van der Waals surface area contributed by atoms with Crippen molar-refractivity contribution in [2.24, 2.45) is 17.3 Å². The number of halogens is 2. The molecule has 2 heterocycles. The molecule has 0 radical (unpaired) electrons. The van der Waals surface area contributed by atoms with Gasteiger partial charge in [0.2, 0.25) is 5.43 Å². The predicted molar refractivity (Wildman–Crippen MR) is 161 cm³/mol. The van der Waals surface area contributed by atoms with Gasteiger partial charge in [-0.05, 0) is 58.4 Å². The minimum Gasteiger partial charge on any atom is -0.491 e. The first-order valence-electron chi connectivity index (χ1n) is 14.6. The Balaban J connectivity index is 1.88. The monoisotopic (exact) mass is 654 g/mol. The van der Waals surface area contributed by atoms with E-state index in [2.05, 4.69) is 5.32 Å². The highest BCUT2D eigenvalue weighted by Gasteiger charge is 2.45. The second kappa shape index (κ2) is 13.9. The van der Waals surface area contributed by atoms with Crippen LogP contribution in [0.2, 0.25) is 0 Å². The summed E-state index contributed by atoms with van der Waals surface area (Å²) in [7, 11) is -3.05. The maximum Gasteiger partial charge on any atom is 0.325 e. The van der Waals surface area contributed by atoms with Crippen LogP contribution in [-0.2, 0) is 27.2 Å². The summed E-state index contributed by atoms with van der Waals surface area (Å²) in [5.41, 5.74) is -2.94. The van der Waals surface area contributed by atoms with Crippen LogP contribution in [0, 0.1) is 28.9 Å². The van der Waals surface area contributed by atoms with Gasteiger partial charge in [0, 0.05) is 42.5 Å². The average Bonchev–Trinajstić information content (AvgIpc) is 2.90. The summed E-state index contributed by atoms with van der Waals surface area (Å²) >= 11 is 0. The van der Waals surface area contributed by atoms with E-state index in [9.17, 15) is 42.3 Å². The molecule has 2 atom stereocenters. The van der Waals surface area contributed by atoms with E-state index in [1.165, 1.54) is 23.9 Å². The molecule has 45 heavy (non-hydrogen) atoms. The molecule has 1 aromatic carbocycles. The van der Waals surface area contributed by atoms with Crippen LogP contribution in [0.4, 0.5) is 8.78 Å². The zero-order valence-electron chi connectivity index (χ0n) is 26.3. The summed E-state index contributed by atoms with van der Waals surface area (Å²) in [6.07, 6.45) is 1.76. The predicted octanol–water partition coefficient (Wildman–Crippen LogP) is 4.60. The number of nitrogens with zero attached hydrogens (tertiary/aromatic N) is 1. The average molecular weight is 655 g/mol. The molecule has 3 N–H and O–H groups in total. The highest BCUT2D eigenvalue weighted by Crippen LogP contribution is 2.42. The number of rotatable bonds is 12. The van der Waals surface area contributed by atoms with Crippen molar-refractivity contribution in [3.05, 3.63) is 63.1 Å². The van der Waals surface area contributed by atoms with Gasteiger partial charge in [-0.1, -0.05) is 19.9 Å². The molecule has 1 aliphatic rings. The van der Waals surface area contributed by atoms with Crippen LogP contribution in [0.25, 0.3) is 0 Å². The number of fused-ring (bicyclic) bond motifs is 1. The number of amides is 1. The van der Waals surface area contributed by atoms with Crippen molar-refractivity contribution >= 4 is 25.3 Å². The Kier molecular flexibility index (Phi) is 11.2. The lowest BCUT2D eigenvalue weighted by Gasteiger charge is -2.40. The molecule has 0 saturated heterocycles. The normalized spacial score (nSPS) is 16.9. The zero-order chi connectivity index (χ0) is 33.9. The van der Waals surface area contributed by atoms with Gasteiger partial charge in [0.15, 0.2) is 11.5 Å². The number of nitrogens with one attached hydrogen (secondary N) is 1. The highest BCUT2D eigenvalue weighted by molar-refractivity contribution is 7.51. The second-order valence-corrected chi connectivity index (χ2v) is 14.7. The van der Waals surface area contributed by atoms with Crippen molar-refractivity contribution < 1.29 is 47.0 Å². The molecule has 14 heteroatoms. The van der Waals surface area contributed by atoms with Crippen LogP contribution in [0.3, 0.4) is 0 Å². The number of carbonyl (C=O) groups is 3. The maximum atomic E-state index is 14.1. The van der Waals surface area contributed by atoms with Gasteiger partial charge in [0.1, 0.15) is 28.5 Å². The fourth-order valence-corrected chi connectivity index (χ4v) is 6.02. The number of pyridine rings is 1. The van der Waals surface area contributed by atoms with E-state index < -0.39 is 59.3 Å². The molecule has 0 bridgehead atoms. The molecule has 3 rings (SSSR count). The molecule has 11 nitrogen and oxygen atoms in total. The number of ether oxygens (including phenoxy) is 2. The van der Waals surface area contributed by atoms with Gasteiger partial charge in [0.25, 0.3) is 5.91 Å². The molecule has 1 aromatic heterocycles. The SMILES string of the molecule is COc1c2n(cc(C(=O)NCc3ccc(F)cc3F)c1=O)CC(CCC(CCCP(=O)(O)O)C(=O)OC(C)(C)C)C(C)(C)C2=O. The number of methoxy groups -OCH3 is 1. The summed E-state index contributed by atoms with van der Waals surface area (Å²) in [5.74, 6) is -4.75.